The number of hydrogen-bond acceptors (Lipinski definition) is 6. The minimum absolute atomic E-state index is 0.105. The van der Waals surface area contributed by atoms with Crippen molar-refractivity contribution in [2.75, 3.05) is 57.9 Å². The van der Waals surface area contributed by atoms with Gasteiger partial charge in [-0.25, -0.2) is 0 Å². The quantitative estimate of drug-likeness (QED) is 0.601. The van der Waals surface area contributed by atoms with Gasteiger partial charge in [-0.3, -0.25) is 14.4 Å². The van der Waals surface area contributed by atoms with E-state index >= 15 is 0 Å². The first-order valence-electron chi connectivity index (χ1n) is 11.0. The Balaban J connectivity index is 0.000000913. The van der Waals surface area contributed by atoms with E-state index < -0.39 is 0 Å². The summed E-state index contributed by atoms with van der Waals surface area (Å²) in [6, 6.07) is 8.37. The van der Waals surface area contributed by atoms with E-state index in [0.29, 0.717) is 31.2 Å². The number of nitrogens with zero attached hydrogens (tertiary/aromatic N) is 3. The normalized spacial score (nSPS) is 24.4. The summed E-state index contributed by atoms with van der Waals surface area (Å²) in [4.78, 5) is 39.6. The van der Waals surface area contributed by atoms with Crippen LogP contribution in [0.4, 0.5) is 0 Å². The summed E-state index contributed by atoms with van der Waals surface area (Å²) in [7, 11) is 0. The third kappa shape index (κ3) is 5.44. The SMILES string of the molecule is CSCC(=O)N1CC2CN(CCC(=O)N3CCc4ccccc4C3)CC2(CO)C1.O=CO. The molecule has 0 aromatic heterocycles. The van der Waals surface area contributed by atoms with Crippen LogP contribution in [0.15, 0.2) is 24.3 Å². The number of carbonyl (C=O) groups excluding carboxylic acids is 2. The lowest BCUT2D eigenvalue weighted by Crippen LogP contribution is -2.41. The van der Waals surface area contributed by atoms with E-state index in [1.807, 2.05) is 22.1 Å². The molecule has 9 heteroatoms. The first kappa shape index (κ1) is 24.5. The van der Waals surface area contributed by atoms with Crippen molar-refractivity contribution in [3.63, 3.8) is 0 Å². The number of carbonyl (C=O) groups is 3. The zero-order chi connectivity index (χ0) is 23.1. The molecule has 1 aromatic rings. The Kier molecular flexibility index (Phi) is 8.56. The highest BCUT2D eigenvalue weighted by Crippen LogP contribution is 2.42. The number of likely N-dealkylation sites (tertiary alicyclic amines) is 2. The summed E-state index contributed by atoms with van der Waals surface area (Å²) < 4.78 is 0. The van der Waals surface area contributed by atoms with Crippen LogP contribution in [-0.4, -0.2) is 101 Å². The van der Waals surface area contributed by atoms with E-state index in [9.17, 15) is 14.7 Å². The number of fused-ring (bicyclic) bond motifs is 2. The molecule has 3 aliphatic heterocycles. The van der Waals surface area contributed by atoms with Crippen molar-refractivity contribution >= 4 is 30.0 Å². The van der Waals surface area contributed by atoms with Crippen LogP contribution >= 0.6 is 11.8 Å². The second kappa shape index (κ2) is 11.2. The molecule has 0 aliphatic carbocycles. The van der Waals surface area contributed by atoms with Gasteiger partial charge < -0.3 is 24.9 Å². The van der Waals surface area contributed by atoms with Gasteiger partial charge in [-0.05, 0) is 29.7 Å². The lowest BCUT2D eigenvalue weighted by molar-refractivity contribution is -0.132. The largest absolute Gasteiger partial charge is 0.483 e. The number of carboxylic acid groups (broad SMARTS) is 1. The molecule has 2 atom stereocenters. The fourth-order valence-corrected chi connectivity index (χ4v) is 5.64. The molecule has 8 nitrogen and oxygen atoms in total. The number of hydrogen-bond donors (Lipinski definition) is 2. The molecule has 0 bridgehead atoms. The lowest BCUT2D eigenvalue weighted by Gasteiger charge is -2.30. The monoisotopic (exact) mass is 463 g/mol. The van der Waals surface area contributed by atoms with Crippen molar-refractivity contribution in [2.24, 2.45) is 11.3 Å². The summed E-state index contributed by atoms with van der Waals surface area (Å²) in [6.07, 6.45) is 3.39. The number of aliphatic hydroxyl groups excluding tert-OH is 1. The predicted molar refractivity (Wildman–Crippen MR) is 123 cm³/mol. The topological polar surface area (TPSA) is 101 Å². The van der Waals surface area contributed by atoms with Gasteiger partial charge in [-0.1, -0.05) is 24.3 Å². The van der Waals surface area contributed by atoms with E-state index in [-0.39, 0.29) is 30.3 Å². The molecule has 2 amide bonds. The standard InChI is InChI=1S/C22H31N3O3S.CH2O2/c1-29-13-21(28)25-12-19-11-23(14-22(19,15-25)16-26)8-7-20(27)24-9-6-17-4-2-3-5-18(17)10-24;2-1-3/h2-5,19,26H,6-16H2,1H3;1H,(H,2,3). The fraction of sp³-hybridized carbons (Fsp3) is 0.609. The first-order chi connectivity index (χ1) is 15.5. The second-order valence-corrected chi connectivity index (χ2v) is 9.72. The fourth-order valence-electron chi connectivity index (χ4n) is 5.21. The van der Waals surface area contributed by atoms with E-state index in [1.165, 1.54) is 11.1 Å². The molecule has 0 radical (unpaired) electrons. The molecule has 2 saturated heterocycles. The smallest absolute Gasteiger partial charge is 0.290 e. The summed E-state index contributed by atoms with van der Waals surface area (Å²) in [5.74, 6) is 1.19. The van der Waals surface area contributed by atoms with Crippen LogP contribution in [0.2, 0.25) is 0 Å². The van der Waals surface area contributed by atoms with Gasteiger partial charge in [0, 0.05) is 57.6 Å². The maximum absolute atomic E-state index is 12.8. The third-order valence-corrected chi connectivity index (χ3v) is 7.43. The van der Waals surface area contributed by atoms with Crippen LogP contribution in [0.5, 0.6) is 0 Å². The van der Waals surface area contributed by atoms with Crippen molar-refractivity contribution in [2.45, 2.75) is 19.4 Å². The van der Waals surface area contributed by atoms with Crippen molar-refractivity contribution < 1.29 is 24.6 Å². The minimum atomic E-state index is -0.250. The first-order valence-corrected chi connectivity index (χ1v) is 12.4. The summed E-state index contributed by atoms with van der Waals surface area (Å²) >= 11 is 1.55. The predicted octanol–water partition coefficient (Wildman–Crippen LogP) is 0.778. The second-order valence-electron chi connectivity index (χ2n) is 8.85. The van der Waals surface area contributed by atoms with Gasteiger partial charge in [-0.2, -0.15) is 11.8 Å². The van der Waals surface area contributed by atoms with Gasteiger partial charge in [0.15, 0.2) is 0 Å². The zero-order valence-electron chi connectivity index (χ0n) is 18.6. The molecule has 2 unspecified atom stereocenters. The number of amides is 2. The minimum Gasteiger partial charge on any atom is -0.483 e. The van der Waals surface area contributed by atoms with Crippen molar-refractivity contribution in [3.05, 3.63) is 35.4 Å². The molecular weight excluding hydrogens is 430 g/mol. The number of thioether (sulfide) groups is 1. The zero-order valence-corrected chi connectivity index (χ0v) is 19.4. The molecule has 4 rings (SSSR count). The van der Waals surface area contributed by atoms with Crippen molar-refractivity contribution in [3.8, 4) is 0 Å². The average molecular weight is 464 g/mol. The Labute approximate surface area is 193 Å². The Morgan fingerprint density at radius 1 is 1.16 bits per heavy atom. The van der Waals surface area contributed by atoms with Gasteiger partial charge in [0.05, 0.1) is 12.4 Å². The molecular formula is C23H33N3O5S. The van der Waals surface area contributed by atoms with Crippen LogP contribution in [0.3, 0.4) is 0 Å². The molecule has 1 aromatic carbocycles. The number of benzene rings is 1. The molecule has 0 spiro atoms. The lowest BCUT2D eigenvalue weighted by atomic mass is 9.82. The van der Waals surface area contributed by atoms with Crippen molar-refractivity contribution in [1.29, 1.82) is 0 Å². The Morgan fingerprint density at radius 2 is 1.88 bits per heavy atom. The summed E-state index contributed by atoms with van der Waals surface area (Å²) in [5.41, 5.74) is 2.40. The Hall–Kier alpha value is -2.10. The number of aliphatic hydroxyl groups is 1. The van der Waals surface area contributed by atoms with Crippen LogP contribution < -0.4 is 0 Å². The van der Waals surface area contributed by atoms with Crippen LogP contribution in [0.25, 0.3) is 0 Å². The van der Waals surface area contributed by atoms with Gasteiger partial charge in [-0.15, -0.1) is 0 Å². The Bertz CT molecular complexity index is 823. The molecule has 32 heavy (non-hydrogen) atoms. The average Bonchev–Trinajstić information content (AvgIpc) is 3.32. The van der Waals surface area contributed by atoms with E-state index in [4.69, 9.17) is 9.90 Å². The van der Waals surface area contributed by atoms with E-state index in [2.05, 4.69) is 23.1 Å². The van der Waals surface area contributed by atoms with Crippen molar-refractivity contribution in [1.82, 2.24) is 14.7 Å². The van der Waals surface area contributed by atoms with E-state index in [0.717, 1.165) is 39.1 Å². The highest BCUT2D eigenvalue weighted by Gasteiger charge is 2.52. The maximum Gasteiger partial charge on any atom is 0.290 e. The highest BCUT2D eigenvalue weighted by molar-refractivity contribution is 7.99. The Morgan fingerprint density at radius 3 is 2.53 bits per heavy atom. The molecule has 2 fully saturated rings. The molecule has 3 aliphatic rings. The summed E-state index contributed by atoms with van der Waals surface area (Å²) in [6.45, 7) is 5.10. The third-order valence-electron chi connectivity index (χ3n) is 6.89. The maximum atomic E-state index is 12.8. The molecule has 176 valence electrons. The van der Waals surface area contributed by atoms with Gasteiger partial charge in [0.1, 0.15) is 0 Å². The number of rotatable bonds is 6. The molecule has 0 saturated carbocycles. The molecule has 3 heterocycles. The van der Waals surface area contributed by atoms with Gasteiger partial charge >= 0.3 is 0 Å². The van der Waals surface area contributed by atoms with Gasteiger partial charge in [0.2, 0.25) is 11.8 Å². The van der Waals surface area contributed by atoms with E-state index in [1.54, 1.807) is 11.8 Å². The van der Waals surface area contributed by atoms with Crippen LogP contribution in [0.1, 0.15) is 17.5 Å². The van der Waals surface area contributed by atoms with Crippen LogP contribution in [0, 0.1) is 11.3 Å². The molecule has 2 N–H and O–H groups in total. The van der Waals surface area contributed by atoms with Gasteiger partial charge in [0.25, 0.3) is 6.47 Å². The summed E-state index contributed by atoms with van der Waals surface area (Å²) in [5, 5.41) is 17.0. The highest BCUT2D eigenvalue weighted by atomic mass is 32.2. The van der Waals surface area contributed by atoms with Crippen LogP contribution in [-0.2, 0) is 27.3 Å².